The molecule has 0 atom stereocenters. The summed E-state index contributed by atoms with van der Waals surface area (Å²) in [6, 6.07) is 4.07. The Bertz CT molecular complexity index is 514. The van der Waals surface area contributed by atoms with E-state index in [2.05, 4.69) is 25.9 Å². The van der Waals surface area contributed by atoms with Gasteiger partial charge in [0.1, 0.15) is 5.52 Å². The Morgan fingerprint density at radius 1 is 1.38 bits per heavy atom. The fourth-order valence-electron chi connectivity index (χ4n) is 1.53. The highest BCUT2D eigenvalue weighted by atomic mass is 79.9. The first-order valence-electron chi connectivity index (χ1n) is 5.20. The van der Waals surface area contributed by atoms with Crippen molar-refractivity contribution < 1.29 is 4.74 Å². The molecule has 0 saturated heterocycles. The minimum atomic E-state index is 0.519. The Balaban J connectivity index is 2.45. The van der Waals surface area contributed by atoms with E-state index in [0.29, 0.717) is 13.2 Å². The maximum absolute atomic E-state index is 5.31. The van der Waals surface area contributed by atoms with Crippen molar-refractivity contribution in [3.8, 4) is 0 Å². The molecule has 0 radical (unpaired) electrons. The number of halogens is 1. The van der Waals surface area contributed by atoms with Gasteiger partial charge in [-0.1, -0.05) is 0 Å². The zero-order valence-electron chi connectivity index (χ0n) is 9.33. The standard InChI is InChI=1S/C12H13BrN2O/c1-3-16-7-9-6-14-12-10(13)4-8(2)5-11(12)15-9/h4-6H,3,7H2,1-2H3. The highest BCUT2D eigenvalue weighted by Gasteiger charge is 2.04. The first-order chi connectivity index (χ1) is 7.70. The van der Waals surface area contributed by atoms with Gasteiger partial charge in [-0.2, -0.15) is 0 Å². The maximum atomic E-state index is 5.31. The van der Waals surface area contributed by atoms with Crippen molar-refractivity contribution in [1.29, 1.82) is 0 Å². The molecule has 0 aliphatic carbocycles. The zero-order valence-corrected chi connectivity index (χ0v) is 10.9. The van der Waals surface area contributed by atoms with Gasteiger partial charge in [0, 0.05) is 11.1 Å². The maximum Gasteiger partial charge on any atom is 0.103 e. The Morgan fingerprint density at radius 3 is 2.94 bits per heavy atom. The van der Waals surface area contributed by atoms with Gasteiger partial charge in [-0.05, 0) is 47.5 Å². The number of benzene rings is 1. The molecular formula is C12H13BrN2O. The average Bonchev–Trinajstić information content (AvgIpc) is 2.25. The second-order valence-corrected chi connectivity index (χ2v) is 4.47. The molecule has 0 N–H and O–H groups in total. The second kappa shape index (κ2) is 4.89. The predicted octanol–water partition coefficient (Wildman–Crippen LogP) is 3.24. The highest BCUT2D eigenvalue weighted by molar-refractivity contribution is 9.10. The quantitative estimate of drug-likeness (QED) is 0.866. The second-order valence-electron chi connectivity index (χ2n) is 3.61. The molecule has 0 bridgehead atoms. The van der Waals surface area contributed by atoms with Crippen molar-refractivity contribution >= 4 is 27.0 Å². The lowest BCUT2D eigenvalue weighted by molar-refractivity contribution is 0.131. The van der Waals surface area contributed by atoms with E-state index in [-0.39, 0.29) is 0 Å². The molecule has 0 aliphatic rings. The molecule has 0 amide bonds. The third kappa shape index (κ3) is 2.39. The molecule has 1 aromatic heterocycles. The number of ether oxygens (including phenoxy) is 1. The fourth-order valence-corrected chi connectivity index (χ4v) is 2.19. The van der Waals surface area contributed by atoms with Gasteiger partial charge in [0.05, 0.1) is 24.0 Å². The summed E-state index contributed by atoms with van der Waals surface area (Å²) in [5.74, 6) is 0. The fraction of sp³-hybridized carbons (Fsp3) is 0.333. The smallest absolute Gasteiger partial charge is 0.103 e. The summed E-state index contributed by atoms with van der Waals surface area (Å²) in [4.78, 5) is 8.90. The Morgan fingerprint density at radius 2 is 2.19 bits per heavy atom. The van der Waals surface area contributed by atoms with Gasteiger partial charge in [0.15, 0.2) is 0 Å². The predicted molar refractivity (Wildman–Crippen MR) is 67.3 cm³/mol. The molecule has 84 valence electrons. The first kappa shape index (κ1) is 11.5. The van der Waals surface area contributed by atoms with Gasteiger partial charge in [-0.3, -0.25) is 4.98 Å². The van der Waals surface area contributed by atoms with Crippen LogP contribution in [0.3, 0.4) is 0 Å². The van der Waals surface area contributed by atoms with Crippen LogP contribution in [0.15, 0.2) is 22.8 Å². The van der Waals surface area contributed by atoms with Crippen LogP contribution in [0.4, 0.5) is 0 Å². The number of aromatic nitrogens is 2. The molecule has 0 aliphatic heterocycles. The average molecular weight is 281 g/mol. The lowest BCUT2D eigenvalue weighted by Gasteiger charge is -2.04. The van der Waals surface area contributed by atoms with Crippen molar-refractivity contribution in [2.75, 3.05) is 6.61 Å². The molecule has 2 rings (SSSR count). The summed E-state index contributed by atoms with van der Waals surface area (Å²) < 4.78 is 6.30. The lowest BCUT2D eigenvalue weighted by Crippen LogP contribution is -1.97. The Labute approximate surface area is 103 Å². The number of nitrogens with zero attached hydrogens (tertiary/aromatic N) is 2. The van der Waals surface area contributed by atoms with Crippen LogP contribution in [0.25, 0.3) is 11.0 Å². The topological polar surface area (TPSA) is 35.0 Å². The molecule has 0 fully saturated rings. The number of fused-ring (bicyclic) bond motifs is 1. The Kier molecular flexibility index (Phi) is 3.51. The molecule has 0 saturated carbocycles. The van der Waals surface area contributed by atoms with Crippen molar-refractivity contribution in [2.24, 2.45) is 0 Å². The number of aryl methyl sites for hydroxylation is 1. The van der Waals surface area contributed by atoms with Crippen LogP contribution < -0.4 is 0 Å². The molecule has 16 heavy (non-hydrogen) atoms. The summed E-state index contributed by atoms with van der Waals surface area (Å²) in [7, 11) is 0. The molecule has 1 heterocycles. The van der Waals surface area contributed by atoms with Crippen molar-refractivity contribution in [3.63, 3.8) is 0 Å². The molecule has 3 nitrogen and oxygen atoms in total. The summed E-state index contributed by atoms with van der Waals surface area (Å²) in [5.41, 5.74) is 3.84. The van der Waals surface area contributed by atoms with E-state index < -0.39 is 0 Å². The van der Waals surface area contributed by atoms with E-state index in [9.17, 15) is 0 Å². The van der Waals surface area contributed by atoms with Gasteiger partial charge >= 0.3 is 0 Å². The molecule has 4 heteroatoms. The van der Waals surface area contributed by atoms with Gasteiger partial charge in [-0.15, -0.1) is 0 Å². The van der Waals surface area contributed by atoms with E-state index in [1.54, 1.807) is 6.20 Å². The number of hydrogen-bond donors (Lipinski definition) is 0. The van der Waals surface area contributed by atoms with E-state index >= 15 is 0 Å². The van der Waals surface area contributed by atoms with Crippen molar-refractivity contribution in [2.45, 2.75) is 20.5 Å². The van der Waals surface area contributed by atoms with Gasteiger partial charge in [0.25, 0.3) is 0 Å². The summed E-state index contributed by atoms with van der Waals surface area (Å²) in [5, 5.41) is 0. The lowest BCUT2D eigenvalue weighted by atomic mass is 10.2. The van der Waals surface area contributed by atoms with E-state index in [0.717, 1.165) is 21.2 Å². The molecule has 1 aromatic carbocycles. The van der Waals surface area contributed by atoms with Crippen LogP contribution in [0.5, 0.6) is 0 Å². The van der Waals surface area contributed by atoms with Gasteiger partial charge < -0.3 is 4.74 Å². The van der Waals surface area contributed by atoms with E-state index in [1.165, 1.54) is 5.56 Å². The monoisotopic (exact) mass is 280 g/mol. The minimum absolute atomic E-state index is 0.519. The third-order valence-electron chi connectivity index (χ3n) is 2.25. The molecule has 0 unspecified atom stereocenters. The Hall–Kier alpha value is -1.00. The number of hydrogen-bond acceptors (Lipinski definition) is 3. The third-order valence-corrected chi connectivity index (χ3v) is 2.85. The zero-order chi connectivity index (χ0) is 11.5. The normalized spacial score (nSPS) is 10.9. The SMILES string of the molecule is CCOCc1cnc2c(Br)cc(C)cc2n1. The number of rotatable bonds is 3. The van der Waals surface area contributed by atoms with Crippen LogP contribution in [-0.2, 0) is 11.3 Å². The van der Waals surface area contributed by atoms with Gasteiger partial charge in [-0.25, -0.2) is 4.98 Å². The van der Waals surface area contributed by atoms with Gasteiger partial charge in [0.2, 0.25) is 0 Å². The molecule has 2 aromatic rings. The van der Waals surface area contributed by atoms with Crippen LogP contribution in [0.2, 0.25) is 0 Å². The van der Waals surface area contributed by atoms with E-state index in [1.807, 2.05) is 26.0 Å². The van der Waals surface area contributed by atoms with E-state index in [4.69, 9.17) is 4.74 Å². The highest BCUT2D eigenvalue weighted by Crippen LogP contribution is 2.22. The van der Waals surface area contributed by atoms with Crippen LogP contribution in [-0.4, -0.2) is 16.6 Å². The summed E-state index contributed by atoms with van der Waals surface area (Å²) in [6.07, 6.45) is 1.76. The minimum Gasteiger partial charge on any atom is -0.375 e. The van der Waals surface area contributed by atoms with Crippen LogP contribution in [0.1, 0.15) is 18.2 Å². The summed E-state index contributed by atoms with van der Waals surface area (Å²) >= 11 is 3.49. The van der Waals surface area contributed by atoms with Crippen molar-refractivity contribution in [1.82, 2.24) is 9.97 Å². The van der Waals surface area contributed by atoms with Crippen LogP contribution in [0, 0.1) is 6.92 Å². The molecule has 0 spiro atoms. The summed E-state index contributed by atoms with van der Waals surface area (Å²) in [6.45, 7) is 5.22. The first-order valence-corrected chi connectivity index (χ1v) is 5.99. The van der Waals surface area contributed by atoms with Crippen molar-refractivity contribution in [3.05, 3.63) is 34.1 Å². The molecular weight excluding hydrogens is 268 g/mol. The largest absolute Gasteiger partial charge is 0.375 e. The van der Waals surface area contributed by atoms with Crippen LogP contribution >= 0.6 is 15.9 Å².